The summed E-state index contributed by atoms with van der Waals surface area (Å²) < 4.78 is 7.26. The summed E-state index contributed by atoms with van der Waals surface area (Å²) in [4.78, 5) is 15.6. The van der Waals surface area contributed by atoms with Gasteiger partial charge in [-0.15, -0.1) is 11.3 Å². The summed E-state index contributed by atoms with van der Waals surface area (Å²) in [6.07, 6.45) is 0. The smallest absolute Gasteiger partial charge is 0.165 e. The highest BCUT2D eigenvalue weighted by Crippen LogP contribution is 2.45. The molecule has 14 aromatic rings. The van der Waals surface area contributed by atoms with Crippen molar-refractivity contribution < 1.29 is 0 Å². The van der Waals surface area contributed by atoms with E-state index in [1.54, 1.807) is 11.3 Å². The van der Waals surface area contributed by atoms with Crippen molar-refractivity contribution in [3.8, 4) is 45.5 Å². The van der Waals surface area contributed by atoms with Crippen LogP contribution >= 0.6 is 11.3 Å². The van der Waals surface area contributed by atoms with Gasteiger partial charge in [0.15, 0.2) is 17.5 Å². The van der Waals surface area contributed by atoms with Gasteiger partial charge in [-0.25, -0.2) is 15.0 Å². The summed E-state index contributed by atoms with van der Waals surface area (Å²) in [7, 11) is 0. The molecule has 0 aliphatic rings. The van der Waals surface area contributed by atoms with Crippen molar-refractivity contribution in [3.05, 3.63) is 212 Å². The molecule has 0 unspecified atom stereocenters. The van der Waals surface area contributed by atoms with Crippen LogP contribution in [0.3, 0.4) is 0 Å². The average molecular weight is 846 g/mol. The van der Waals surface area contributed by atoms with E-state index in [0.717, 1.165) is 43.8 Å². The number of fused-ring (bicyclic) bond motifs is 13. The topological polar surface area (TPSA) is 48.5 Å². The minimum Gasteiger partial charge on any atom is -0.309 e. The summed E-state index contributed by atoms with van der Waals surface area (Å²) in [6, 6.07) is 76.3. The number of hydrogen-bond acceptors (Lipinski definition) is 4. The molecule has 0 radical (unpaired) electrons. The fraction of sp³-hybridized carbons (Fsp3) is 0. The number of nitrogens with zero attached hydrogens (tertiary/aromatic N) is 5. The molecule has 302 valence electrons. The second kappa shape index (κ2) is 14.0. The Hall–Kier alpha value is -8.45. The molecule has 14 rings (SSSR count). The molecule has 0 atom stereocenters. The van der Waals surface area contributed by atoms with Crippen molar-refractivity contribution in [2.24, 2.45) is 0 Å². The van der Waals surface area contributed by atoms with Crippen molar-refractivity contribution in [1.29, 1.82) is 0 Å². The molecule has 0 aliphatic carbocycles. The van der Waals surface area contributed by atoms with Crippen LogP contribution in [0.1, 0.15) is 0 Å². The van der Waals surface area contributed by atoms with Crippen LogP contribution in [0.5, 0.6) is 0 Å². The van der Waals surface area contributed by atoms with Gasteiger partial charge in [0.25, 0.3) is 0 Å². The SMILES string of the molecule is c1ccc(-c2nc(-c3ccccc3)nc(-c3cc(-n4c5ccc(-n6c7ccccc7c7c8ccccc8ccc76)cc5c5c6ccccc6ccc54)cc4c3sc3ccccc34)n2)cc1. The fourth-order valence-corrected chi connectivity index (χ4v) is 11.4. The summed E-state index contributed by atoms with van der Waals surface area (Å²) >= 11 is 1.79. The molecule has 0 aliphatic heterocycles. The summed E-state index contributed by atoms with van der Waals surface area (Å²) in [5, 5.41) is 12.3. The third-order valence-electron chi connectivity index (χ3n) is 13.1. The van der Waals surface area contributed by atoms with E-state index in [-0.39, 0.29) is 0 Å². The number of rotatable bonds is 5. The molecule has 0 N–H and O–H groups in total. The lowest BCUT2D eigenvalue weighted by Crippen LogP contribution is -2.01. The van der Waals surface area contributed by atoms with Crippen LogP contribution in [-0.4, -0.2) is 24.1 Å². The first-order valence-electron chi connectivity index (χ1n) is 21.9. The van der Waals surface area contributed by atoms with Gasteiger partial charge in [0.1, 0.15) is 0 Å². The fourth-order valence-electron chi connectivity index (χ4n) is 10.2. The van der Waals surface area contributed by atoms with Crippen molar-refractivity contribution in [2.45, 2.75) is 0 Å². The number of hydrogen-bond donors (Lipinski definition) is 0. The van der Waals surface area contributed by atoms with Gasteiger partial charge >= 0.3 is 0 Å². The maximum absolute atomic E-state index is 5.29. The number of aromatic nitrogens is 5. The first-order chi connectivity index (χ1) is 32.2. The predicted molar refractivity (Wildman–Crippen MR) is 273 cm³/mol. The first-order valence-corrected chi connectivity index (χ1v) is 22.8. The molecule has 0 fully saturated rings. The Labute approximate surface area is 376 Å². The lowest BCUT2D eigenvalue weighted by atomic mass is 10.0. The summed E-state index contributed by atoms with van der Waals surface area (Å²) in [5.41, 5.74) is 9.68. The largest absolute Gasteiger partial charge is 0.309 e. The van der Waals surface area contributed by atoms with E-state index in [4.69, 9.17) is 15.0 Å². The molecular weight excluding hydrogens is 811 g/mol. The van der Waals surface area contributed by atoms with Gasteiger partial charge in [-0.05, 0) is 76.1 Å². The zero-order valence-corrected chi connectivity index (χ0v) is 35.7. The molecule has 65 heavy (non-hydrogen) atoms. The van der Waals surface area contributed by atoms with Crippen molar-refractivity contribution >= 4 is 96.7 Å². The zero-order chi connectivity index (χ0) is 42.6. The quantitative estimate of drug-likeness (QED) is 0.173. The van der Waals surface area contributed by atoms with Gasteiger partial charge in [-0.1, -0.05) is 158 Å². The molecular formula is C59H35N5S. The third-order valence-corrected chi connectivity index (χ3v) is 14.3. The van der Waals surface area contributed by atoms with Crippen LogP contribution in [0, 0.1) is 0 Å². The molecule has 0 spiro atoms. The maximum Gasteiger partial charge on any atom is 0.165 e. The molecule has 0 saturated heterocycles. The molecule has 4 aromatic heterocycles. The van der Waals surface area contributed by atoms with Gasteiger partial charge in [-0.3, -0.25) is 0 Å². The Bertz CT molecular complexity index is 4180. The minimum atomic E-state index is 0.642. The van der Waals surface area contributed by atoms with Crippen molar-refractivity contribution in [1.82, 2.24) is 24.1 Å². The lowest BCUT2D eigenvalue weighted by molar-refractivity contribution is 1.07. The molecule has 4 heterocycles. The monoisotopic (exact) mass is 845 g/mol. The first kappa shape index (κ1) is 36.1. The van der Waals surface area contributed by atoms with Gasteiger partial charge in [0, 0.05) is 69.8 Å². The minimum absolute atomic E-state index is 0.642. The van der Waals surface area contributed by atoms with E-state index in [2.05, 4.69) is 185 Å². The number of thiophene rings is 1. The van der Waals surface area contributed by atoms with E-state index in [0.29, 0.717) is 17.5 Å². The summed E-state index contributed by atoms with van der Waals surface area (Å²) in [6.45, 7) is 0. The molecule has 0 saturated carbocycles. The van der Waals surface area contributed by atoms with Gasteiger partial charge < -0.3 is 9.13 Å². The molecule has 5 nitrogen and oxygen atoms in total. The van der Waals surface area contributed by atoms with Gasteiger partial charge in [0.2, 0.25) is 0 Å². The Morgan fingerprint density at radius 2 is 0.815 bits per heavy atom. The molecule has 0 bridgehead atoms. The normalized spacial score (nSPS) is 12.0. The molecule has 0 amide bonds. The highest BCUT2D eigenvalue weighted by Gasteiger charge is 2.23. The van der Waals surface area contributed by atoms with Crippen molar-refractivity contribution in [2.75, 3.05) is 0 Å². The highest BCUT2D eigenvalue weighted by molar-refractivity contribution is 7.26. The van der Waals surface area contributed by atoms with Crippen LogP contribution in [0.15, 0.2) is 212 Å². The average Bonchev–Trinajstić information content (AvgIpc) is 4.04. The molecule has 10 aromatic carbocycles. The summed E-state index contributed by atoms with van der Waals surface area (Å²) in [5.74, 6) is 1.93. The number of para-hydroxylation sites is 1. The lowest BCUT2D eigenvalue weighted by Gasteiger charge is -2.14. The highest BCUT2D eigenvalue weighted by atomic mass is 32.1. The van der Waals surface area contributed by atoms with E-state index in [1.165, 1.54) is 69.6 Å². The van der Waals surface area contributed by atoms with Crippen molar-refractivity contribution in [3.63, 3.8) is 0 Å². The van der Waals surface area contributed by atoms with Gasteiger partial charge in [-0.2, -0.15) is 0 Å². The second-order valence-electron chi connectivity index (χ2n) is 16.8. The molecule has 6 heteroatoms. The van der Waals surface area contributed by atoms with E-state index in [1.807, 2.05) is 36.4 Å². The second-order valence-corrected chi connectivity index (χ2v) is 17.8. The maximum atomic E-state index is 5.29. The van der Waals surface area contributed by atoms with Crippen LogP contribution in [0.2, 0.25) is 0 Å². The Morgan fingerprint density at radius 3 is 1.49 bits per heavy atom. The van der Waals surface area contributed by atoms with E-state index >= 15 is 0 Å². The van der Waals surface area contributed by atoms with E-state index in [9.17, 15) is 0 Å². The van der Waals surface area contributed by atoms with E-state index < -0.39 is 0 Å². The Kier molecular flexibility index (Phi) is 7.79. The zero-order valence-electron chi connectivity index (χ0n) is 34.9. The van der Waals surface area contributed by atoms with Crippen LogP contribution in [0.4, 0.5) is 0 Å². The third kappa shape index (κ3) is 5.48. The Morgan fingerprint density at radius 1 is 0.323 bits per heavy atom. The van der Waals surface area contributed by atoms with Gasteiger partial charge in [0.05, 0.1) is 22.1 Å². The number of benzene rings is 10. The Balaban J connectivity index is 1.07. The van der Waals surface area contributed by atoms with Crippen LogP contribution < -0.4 is 0 Å². The standard InChI is InChI=1S/C59H35N5S/c1-3-17-38(18-4-1)57-60-58(39-19-5-2-6-20-39)62-59(61-57)48-35-41(34-46-44-23-12-14-26-53(44)65-56(46)48)64-50-32-29-40(33-47(50)55-43-22-10-8-16-37(43)28-31-52(55)64)63-49-25-13-11-24-45(49)54-42-21-9-7-15-36(42)27-30-51(54)63/h1-35H. The predicted octanol–water partition coefficient (Wildman–Crippen LogP) is 15.7. The van der Waals surface area contributed by atoms with Crippen LogP contribution in [0.25, 0.3) is 131 Å². The van der Waals surface area contributed by atoms with Crippen LogP contribution in [-0.2, 0) is 0 Å².